The molecule has 1 amide bonds. The molecule has 1 saturated heterocycles. The van der Waals surface area contributed by atoms with E-state index in [1.54, 1.807) is 24.3 Å². The van der Waals surface area contributed by atoms with E-state index in [0.29, 0.717) is 16.7 Å². The molecule has 0 aliphatic carbocycles. The van der Waals surface area contributed by atoms with Crippen LogP contribution in [0.1, 0.15) is 27.6 Å². The summed E-state index contributed by atoms with van der Waals surface area (Å²) < 4.78 is 65.7. The van der Waals surface area contributed by atoms with Crippen LogP contribution in [0, 0.1) is 17.5 Å². The fraction of sp³-hybridized carbons (Fsp3) is 0.278. The SMILES string of the molecule is O=C(c1ccc(F)c(F)c1F)N1CCC(c2ccccc2Cl)S(=O)(=O)CC1. The number of nitrogens with zero attached hydrogens (tertiary/aromatic N) is 1. The summed E-state index contributed by atoms with van der Waals surface area (Å²) in [6, 6.07) is 8.04. The molecule has 1 unspecified atom stereocenters. The van der Waals surface area contributed by atoms with Crippen LogP contribution in [0.3, 0.4) is 0 Å². The minimum absolute atomic E-state index is 0.00634. The number of sulfone groups is 1. The molecule has 144 valence electrons. The van der Waals surface area contributed by atoms with Crippen molar-refractivity contribution in [1.82, 2.24) is 4.90 Å². The van der Waals surface area contributed by atoms with Gasteiger partial charge in [0.15, 0.2) is 27.3 Å². The van der Waals surface area contributed by atoms with Gasteiger partial charge in [0, 0.05) is 18.1 Å². The number of rotatable bonds is 2. The topological polar surface area (TPSA) is 54.5 Å². The average Bonchev–Trinajstić information content (AvgIpc) is 2.78. The molecule has 1 atom stereocenters. The fourth-order valence-electron chi connectivity index (χ4n) is 3.09. The Hall–Kier alpha value is -2.06. The van der Waals surface area contributed by atoms with Gasteiger partial charge in [-0.1, -0.05) is 29.8 Å². The summed E-state index contributed by atoms with van der Waals surface area (Å²) in [5.74, 6) is -5.96. The van der Waals surface area contributed by atoms with E-state index in [0.717, 1.165) is 11.0 Å². The van der Waals surface area contributed by atoms with Gasteiger partial charge in [0.1, 0.15) is 0 Å². The van der Waals surface area contributed by atoms with Crippen molar-refractivity contribution in [3.63, 3.8) is 0 Å². The molecule has 27 heavy (non-hydrogen) atoms. The van der Waals surface area contributed by atoms with Crippen LogP contribution in [-0.2, 0) is 9.84 Å². The molecule has 0 aromatic heterocycles. The maximum atomic E-state index is 13.9. The van der Waals surface area contributed by atoms with Gasteiger partial charge >= 0.3 is 0 Å². The first-order valence-corrected chi connectivity index (χ1v) is 10.2. The zero-order chi connectivity index (χ0) is 19.8. The largest absolute Gasteiger partial charge is 0.337 e. The van der Waals surface area contributed by atoms with Crippen LogP contribution in [0.25, 0.3) is 0 Å². The quantitative estimate of drug-likeness (QED) is 0.699. The van der Waals surface area contributed by atoms with Crippen molar-refractivity contribution >= 4 is 27.3 Å². The Morgan fingerprint density at radius 1 is 1.04 bits per heavy atom. The molecular weight excluding hydrogens is 403 g/mol. The van der Waals surface area contributed by atoms with Crippen molar-refractivity contribution in [1.29, 1.82) is 0 Å². The molecular formula is C18H15ClF3NO3S. The maximum absolute atomic E-state index is 13.9. The third kappa shape index (κ3) is 3.82. The van der Waals surface area contributed by atoms with E-state index in [-0.39, 0.29) is 25.3 Å². The van der Waals surface area contributed by atoms with Gasteiger partial charge in [0.2, 0.25) is 0 Å². The van der Waals surface area contributed by atoms with E-state index in [9.17, 15) is 26.4 Å². The summed E-state index contributed by atoms with van der Waals surface area (Å²) in [4.78, 5) is 13.7. The molecule has 1 aliphatic rings. The Kier molecular flexibility index (Phi) is 5.48. The monoisotopic (exact) mass is 417 g/mol. The number of hydrogen-bond donors (Lipinski definition) is 0. The lowest BCUT2D eigenvalue weighted by atomic mass is 10.1. The van der Waals surface area contributed by atoms with Gasteiger partial charge in [-0.3, -0.25) is 4.79 Å². The number of halogens is 4. The second-order valence-electron chi connectivity index (χ2n) is 6.18. The van der Waals surface area contributed by atoms with Crippen molar-refractivity contribution in [2.24, 2.45) is 0 Å². The van der Waals surface area contributed by atoms with Crippen molar-refractivity contribution < 1.29 is 26.4 Å². The Bertz CT molecular complexity index is 997. The molecule has 9 heteroatoms. The molecule has 1 fully saturated rings. The van der Waals surface area contributed by atoms with Crippen LogP contribution in [-0.4, -0.2) is 38.1 Å². The van der Waals surface area contributed by atoms with E-state index in [1.165, 1.54) is 0 Å². The standard InChI is InChI=1S/C18H15ClF3NO3S/c19-13-4-2-1-3-11(13)15-7-8-23(9-10-27(15,25)26)18(24)12-5-6-14(20)17(22)16(12)21/h1-6,15H,7-10H2. The fourth-order valence-corrected chi connectivity index (χ4v) is 5.24. The van der Waals surface area contributed by atoms with Gasteiger partial charge in [0.05, 0.1) is 16.6 Å². The van der Waals surface area contributed by atoms with Crippen molar-refractivity contribution in [3.8, 4) is 0 Å². The Balaban J connectivity index is 1.89. The molecule has 0 radical (unpaired) electrons. The zero-order valence-electron chi connectivity index (χ0n) is 14.0. The summed E-state index contributed by atoms with van der Waals surface area (Å²) in [5.41, 5.74) is -0.199. The predicted molar refractivity (Wildman–Crippen MR) is 94.8 cm³/mol. The second kappa shape index (κ2) is 7.52. The van der Waals surface area contributed by atoms with Gasteiger partial charge in [-0.05, 0) is 30.2 Å². The molecule has 4 nitrogen and oxygen atoms in total. The van der Waals surface area contributed by atoms with Crippen LogP contribution in [0.5, 0.6) is 0 Å². The molecule has 1 aliphatic heterocycles. The molecule has 0 N–H and O–H groups in total. The number of hydrogen-bond acceptors (Lipinski definition) is 3. The Morgan fingerprint density at radius 2 is 1.74 bits per heavy atom. The van der Waals surface area contributed by atoms with E-state index < -0.39 is 44.0 Å². The number of carbonyl (C=O) groups excluding carboxylic acids is 1. The number of carbonyl (C=O) groups is 1. The van der Waals surface area contributed by atoms with Crippen molar-refractivity contribution in [2.75, 3.05) is 18.8 Å². The molecule has 1 heterocycles. The molecule has 3 rings (SSSR count). The second-order valence-corrected chi connectivity index (χ2v) is 8.89. The number of amides is 1. The lowest BCUT2D eigenvalue weighted by molar-refractivity contribution is 0.0760. The van der Waals surface area contributed by atoms with E-state index in [1.807, 2.05) is 0 Å². The molecule has 0 bridgehead atoms. The van der Waals surface area contributed by atoms with Crippen LogP contribution in [0.4, 0.5) is 13.2 Å². The smallest absolute Gasteiger partial charge is 0.256 e. The third-order valence-corrected chi connectivity index (χ3v) is 7.00. The summed E-state index contributed by atoms with van der Waals surface area (Å²) >= 11 is 6.11. The first-order chi connectivity index (χ1) is 12.7. The van der Waals surface area contributed by atoms with E-state index in [4.69, 9.17) is 11.6 Å². The van der Waals surface area contributed by atoms with Crippen molar-refractivity contribution in [2.45, 2.75) is 11.7 Å². The highest BCUT2D eigenvalue weighted by Gasteiger charge is 2.34. The highest BCUT2D eigenvalue weighted by molar-refractivity contribution is 7.91. The average molecular weight is 418 g/mol. The van der Waals surface area contributed by atoms with E-state index in [2.05, 4.69) is 0 Å². The van der Waals surface area contributed by atoms with Gasteiger partial charge in [0.25, 0.3) is 5.91 Å². The first kappa shape index (κ1) is 19.7. The summed E-state index contributed by atoms with van der Waals surface area (Å²) in [6.07, 6.45) is 0.0586. The van der Waals surface area contributed by atoms with Gasteiger partial charge in [-0.25, -0.2) is 21.6 Å². The van der Waals surface area contributed by atoms with Gasteiger partial charge in [-0.2, -0.15) is 0 Å². The van der Waals surface area contributed by atoms with Gasteiger partial charge in [-0.15, -0.1) is 0 Å². The van der Waals surface area contributed by atoms with Crippen LogP contribution < -0.4 is 0 Å². The Morgan fingerprint density at radius 3 is 2.44 bits per heavy atom. The summed E-state index contributed by atoms with van der Waals surface area (Å²) in [5, 5.41) is -0.601. The Labute approximate surface area is 159 Å². The summed E-state index contributed by atoms with van der Waals surface area (Å²) in [7, 11) is -3.62. The maximum Gasteiger partial charge on any atom is 0.256 e. The lowest BCUT2D eigenvalue weighted by Gasteiger charge is -2.20. The third-order valence-electron chi connectivity index (χ3n) is 4.55. The minimum Gasteiger partial charge on any atom is -0.337 e. The summed E-state index contributed by atoms with van der Waals surface area (Å²) in [6.45, 7) is -0.174. The molecule has 2 aromatic carbocycles. The zero-order valence-corrected chi connectivity index (χ0v) is 15.5. The van der Waals surface area contributed by atoms with E-state index >= 15 is 0 Å². The number of benzene rings is 2. The van der Waals surface area contributed by atoms with Crippen LogP contribution in [0.2, 0.25) is 5.02 Å². The highest BCUT2D eigenvalue weighted by atomic mass is 35.5. The van der Waals surface area contributed by atoms with Crippen LogP contribution in [0.15, 0.2) is 36.4 Å². The highest BCUT2D eigenvalue weighted by Crippen LogP contribution is 2.34. The lowest BCUT2D eigenvalue weighted by Crippen LogP contribution is -2.34. The molecule has 2 aromatic rings. The molecule has 0 spiro atoms. The van der Waals surface area contributed by atoms with Crippen molar-refractivity contribution in [3.05, 3.63) is 70.0 Å². The normalized spacial score (nSPS) is 19.6. The van der Waals surface area contributed by atoms with Gasteiger partial charge < -0.3 is 4.90 Å². The van der Waals surface area contributed by atoms with Crippen LogP contribution >= 0.6 is 11.6 Å². The minimum atomic E-state index is -3.62. The first-order valence-electron chi connectivity index (χ1n) is 8.11. The predicted octanol–water partition coefficient (Wildman–Crippen LogP) is 3.76. The molecule has 0 saturated carbocycles.